The molecule has 0 saturated heterocycles. The molecule has 1 aliphatic rings. The Balaban J connectivity index is 1.92. The molecule has 0 spiro atoms. The molecule has 1 aliphatic carbocycles. The van der Waals surface area contributed by atoms with Crippen LogP contribution in [0, 0.1) is 5.41 Å². The first-order valence-electron chi connectivity index (χ1n) is 7.83. The standard InChI is InChI=1S/C15H27N3O2S/c1-3-8-16-10-13-9-14(11-17-13)21(19,20)18-12-15(2)6-4-5-7-15/h9,11,16-18H,3-8,10,12H2,1-2H3. The molecular formula is C15H27N3O2S. The third kappa shape index (κ3) is 4.56. The maximum atomic E-state index is 12.3. The molecule has 3 N–H and O–H groups in total. The van der Waals surface area contributed by atoms with E-state index in [1.165, 1.54) is 12.8 Å². The molecule has 1 aromatic heterocycles. The molecule has 0 bridgehead atoms. The second-order valence-corrected chi connectivity index (χ2v) is 8.15. The number of H-pyrrole nitrogens is 1. The molecule has 1 aromatic rings. The summed E-state index contributed by atoms with van der Waals surface area (Å²) in [4.78, 5) is 3.36. The van der Waals surface area contributed by atoms with Gasteiger partial charge in [0.1, 0.15) is 0 Å². The van der Waals surface area contributed by atoms with Gasteiger partial charge in [-0.1, -0.05) is 26.7 Å². The van der Waals surface area contributed by atoms with Crippen LogP contribution in [0.5, 0.6) is 0 Å². The van der Waals surface area contributed by atoms with Gasteiger partial charge in [0.05, 0.1) is 4.90 Å². The van der Waals surface area contributed by atoms with Crippen LogP contribution in [0.25, 0.3) is 0 Å². The van der Waals surface area contributed by atoms with Gasteiger partial charge in [-0.15, -0.1) is 0 Å². The lowest BCUT2D eigenvalue weighted by Crippen LogP contribution is -2.34. The number of aromatic amines is 1. The van der Waals surface area contributed by atoms with Crippen LogP contribution in [-0.2, 0) is 16.6 Å². The van der Waals surface area contributed by atoms with E-state index in [1.807, 2.05) is 0 Å². The van der Waals surface area contributed by atoms with Crippen LogP contribution in [0.1, 0.15) is 51.6 Å². The van der Waals surface area contributed by atoms with Crippen LogP contribution in [0.4, 0.5) is 0 Å². The van der Waals surface area contributed by atoms with Crippen LogP contribution in [0.2, 0.25) is 0 Å². The number of aromatic nitrogens is 1. The van der Waals surface area contributed by atoms with Crippen molar-refractivity contribution in [3.8, 4) is 0 Å². The molecule has 0 amide bonds. The van der Waals surface area contributed by atoms with Crippen LogP contribution >= 0.6 is 0 Å². The SMILES string of the molecule is CCCNCc1cc(S(=O)(=O)NCC2(C)CCCC2)c[nH]1. The summed E-state index contributed by atoms with van der Waals surface area (Å²) in [6.45, 7) is 6.40. The van der Waals surface area contributed by atoms with E-state index in [2.05, 4.69) is 28.9 Å². The fourth-order valence-electron chi connectivity index (χ4n) is 2.83. The highest BCUT2D eigenvalue weighted by Crippen LogP contribution is 2.36. The molecule has 0 aliphatic heterocycles. The lowest BCUT2D eigenvalue weighted by atomic mass is 9.89. The van der Waals surface area contributed by atoms with Crippen molar-refractivity contribution < 1.29 is 8.42 Å². The number of hydrogen-bond acceptors (Lipinski definition) is 3. The molecule has 120 valence electrons. The highest BCUT2D eigenvalue weighted by atomic mass is 32.2. The zero-order chi connectivity index (χ0) is 15.3. The summed E-state index contributed by atoms with van der Waals surface area (Å²) in [5.74, 6) is 0. The van der Waals surface area contributed by atoms with E-state index < -0.39 is 10.0 Å². The fourth-order valence-corrected chi connectivity index (χ4v) is 4.05. The first kappa shape index (κ1) is 16.5. The first-order valence-corrected chi connectivity index (χ1v) is 9.31. The Hall–Kier alpha value is -0.850. The number of sulfonamides is 1. The molecule has 2 rings (SSSR count). The molecule has 0 unspecified atom stereocenters. The average molecular weight is 313 g/mol. The number of rotatable bonds is 8. The van der Waals surface area contributed by atoms with Crippen molar-refractivity contribution in [2.24, 2.45) is 5.41 Å². The summed E-state index contributed by atoms with van der Waals surface area (Å²) in [5, 5.41) is 3.25. The third-order valence-electron chi connectivity index (χ3n) is 4.27. The van der Waals surface area contributed by atoms with Gasteiger partial charge in [-0.05, 0) is 37.3 Å². The van der Waals surface area contributed by atoms with Gasteiger partial charge >= 0.3 is 0 Å². The summed E-state index contributed by atoms with van der Waals surface area (Å²) in [7, 11) is -3.40. The Morgan fingerprint density at radius 2 is 2.05 bits per heavy atom. The van der Waals surface area contributed by atoms with E-state index in [4.69, 9.17) is 0 Å². The Kier molecular flexibility index (Phi) is 5.46. The van der Waals surface area contributed by atoms with Crippen LogP contribution in [0.15, 0.2) is 17.2 Å². The molecular weight excluding hydrogens is 286 g/mol. The zero-order valence-corrected chi connectivity index (χ0v) is 13.9. The molecule has 1 saturated carbocycles. The molecule has 0 radical (unpaired) electrons. The molecule has 0 aromatic carbocycles. The van der Waals surface area contributed by atoms with Crippen molar-refractivity contribution in [2.75, 3.05) is 13.1 Å². The second-order valence-electron chi connectivity index (χ2n) is 6.38. The van der Waals surface area contributed by atoms with Gasteiger partial charge in [0.15, 0.2) is 0 Å². The summed E-state index contributed by atoms with van der Waals surface area (Å²) in [5.41, 5.74) is 1.02. The zero-order valence-electron chi connectivity index (χ0n) is 13.0. The molecule has 6 heteroatoms. The van der Waals surface area contributed by atoms with Gasteiger partial charge in [-0.2, -0.15) is 0 Å². The second kappa shape index (κ2) is 6.94. The minimum Gasteiger partial charge on any atom is -0.363 e. The molecule has 1 heterocycles. The molecule has 1 fully saturated rings. The predicted molar refractivity (Wildman–Crippen MR) is 84.6 cm³/mol. The van der Waals surface area contributed by atoms with Crippen molar-refractivity contribution in [3.63, 3.8) is 0 Å². The fraction of sp³-hybridized carbons (Fsp3) is 0.733. The smallest absolute Gasteiger partial charge is 0.242 e. The summed E-state index contributed by atoms with van der Waals surface area (Å²) >= 11 is 0. The monoisotopic (exact) mass is 313 g/mol. The van der Waals surface area contributed by atoms with Crippen LogP contribution in [0.3, 0.4) is 0 Å². The van der Waals surface area contributed by atoms with Gasteiger partial charge in [0.25, 0.3) is 0 Å². The predicted octanol–water partition coefficient (Wildman–Crippen LogP) is 2.37. The van der Waals surface area contributed by atoms with E-state index in [0.29, 0.717) is 18.0 Å². The molecule has 5 nitrogen and oxygen atoms in total. The summed E-state index contributed by atoms with van der Waals surface area (Å²) in [6, 6.07) is 1.71. The Morgan fingerprint density at radius 1 is 1.33 bits per heavy atom. The lowest BCUT2D eigenvalue weighted by Gasteiger charge is -2.23. The van der Waals surface area contributed by atoms with Crippen molar-refractivity contribution in [1.29, 1.82) is 0 Å². The molecule has 0 atom stereocenters. The topological polar surface area (TPSA) is 74.0 Å². The van der Waals surface area contributed by atoms with Crippen molar-refractivity contribution in [2.45, 2.75) is 57.4 Å². The van der Waals surface area contributed by atoms with Gasteiger partial charge in [-0.3, -0.25) is 0 Å². The maximum Gasteiger partial charge on any atom is 0.242 e. The summed E-state index contributed by atoms with van der Waals surface area (Å²) < 4.78 is 27.4. The Morgan fingerprint density at radius 3 is 2.71 bits per heavy atom. The Bertz CT molecular complexity index is 545. The average Bonchev–Trinajstić information content (AvgIpc) is 3.07. The maximum absolute atomic E-state index is 12.3. The van der Waals surface area contributed by atoms with Crippen LogP contribution < -0.4 is 10.0 Å². The van der Waals surface area contributed by atoms with E-state index in [-0.39, 0.29) is 5.41 Å². The largest absolute Gasteiger partial charge is 0.363 e. The molecule has 21 heavy (non-hydrogen) atoms. The number of hydrogen-bond donors (Lipinski definition) is 3. The van der Waals surface area contributed by atoms with Gasteiger partial charge in [0, 0.05) is 25.0 Å². The minimum absolute atomic E-state index is 0.120. The number of nitrogens with one attached hydrogen (secondary N) is 3. The quantitative estimate of drug-likeness (QED) is 0.645. The third-order valence-corrected chi connectivity index (χ3v) is 5.65. The minimum atomic E-state index is -3.40. The van der Waals surface area contributed by atoms with Crippen molar-refractivity contribution in [3.05, 3.63) is 18.0 Å². The highest BCUT2D eigenvalue weighted by Gasteiger charge is 2.30. The van der Waals surface area contributed by atoms with E-state index >= 15 is 0 Å². The highest BCUT2D eigenvalue weighted by molar-refractivity contribution is 7.89. The lowest BCUT2D eigenvalue weighted by molar-refractivity contribution is 0.336. The normalized spacial score (nSPS) is 18.2. The van der Waals surface area contributed by atoms with Gasteiger partial charge < -0.3 is 10.3 Å². The van der Waals surface area contributed by atoms with Gasteiger partial charge in [-0.25, -0.2) is 13.1 Å². The van der Waals surface area contributed by atoms with Gasteiger partial charge in [0.2, 0.25) is 10.0 Å². The van der Waals surface area contributed by atoms with Crippen molar-refractivity contribution in [1.82, 2.24) is 15.0 Å². The Labute approximate surface area is 128 Å². The van der Waals surface area contributed by atoms with Crippen molar-refractivity contribution >= 4 is 10.0 Å². The summed E-state index contributed by atoms with van der Waals surface area (Å²) in [6.07, 6.45) is 7.25. The van der Waals surface area contributed by atoms with Crippen LogP contribution in [-0.4, -0.2) is 26.5 Å². The van der Waals surface area contributed by atoms with E-state index in [9.17, 15) is 8.42 Å². The first-order chi connectivity index (χ1) is 9.95. The van der Waals surface area contributed by atoms with E-state index in [1.54, 1.807) is 12.3 Å². The van der Waals surface area contributed by atoms with E-state index in [0.717, 1.165) is 31.5 Å².